The Kier molecular flexibility index (Phi) is 6.43. The number of nitrogens with one attached hydrogen (secondary N) is 1. The summed E-state index contributed by atoms with van der Waals surface area (Å²) >= 11 is 0. The Bertz CT molecular complexity index is 689. The van der Waals surface area contributed by atoms with E-state index in [9.17, 15) is 0 Å². The van der Waals surface area contributed by atoms with E-state index in [0.717, 1.165) is 43.2 Å². The van der Waals surface area contributed by atoms with Gasteiger partial charge in [-0.1, -0.05) is 37.2 Å². The van der Waals surface area contributed by atoms with Gasteiger partial charge in [-0.3, -0.25) is 4.90 Å². The van der Waals surface area contributed by atoms with E-state index in [1.807, 2.05) is 18.2 Å². The van der Waals surface area contributed by atoms with Crippen LogP contribution in [-0.4, -0.2) is 48.8 Å². The number of piperazine rings is 1. The molecule has 0 saturated carbocycles. The molecule has 6 nitrogen and oxygen atoms in total. The number of ether oxygens (including phenoxy) is 1. The van der Waals surface area contributed by atoms with Crippen LogP contribution in [0.25, 0.3) is 0 Å². The Labute approximate surface area is 155 Å². The van der Waals surface area contributed by atoms with Crippen LogP contribution in [0.15, 0.2) is 28.8 Å². The second-order valence-corrected chi connectivity index (χ2v) is 7.03. The molecular formula is C18H27ClN4O2. The van der Waals surface area contributed by atoms with Crippen molar-refractivity contribution in [2.75, 3.05) is 33.8 Å². The first-order valence-electron chi connectivity index (χ1n) is 8.38. The number of rotatable bonds is 5. The van der Waals surface area contributed by atoms with Gasteiger partial charge < -0.3 is 14.6 Å². The summed E-state index contributed by atoms with van der Waals surface area (Å²) in [6, 6.07) is 8.23. The Morgan fingerprint density at radius 1 is 1.36 bits per heavy atom. The van der Waals surface area contributed by atoms with Gasteiger partial charge in [0, 0.05) is 25.0 Å². The van der Waals surface area contributed by atoms with Crippen LogP contribution in [0.5, 0.6) is 5.75 Å². The fourth-order valence-corrected chi connectivity index (χ4v) is 3.14. The summed E-state index contributed by atoms with van der Waals surface area (Å²) in [7, 11) is 3.80. The largest absolute Gasteiger partial charge is 0.496 e. The quantitative estimate of drug-likeness (QED) is 0.877. The van der Waals surface area contributed by atoms with E-state index in [2.05, 4.69) is 42.3 Å². The predicted molar refractivity (Wildman–Crippen MR) is 99.5 cm³/mol. The highest BCUT2D eigenvalue weighted by Crippen LogP contribution is 2.31. The van der Waals surface area contributed by atoms with Crippen LogP contribution >= 0.6 is 12.4 Å². The van der Waals surface area contributed by atoms with E-state index in [0.29, 0.717) is 5.89 Å². The number of hydrogen-bond donors (Lipinski definition) is 1. The molecule has 0 aliphatic carbocycles. The normalized spacial score (nSPS) is 18.6. The molecule has 1 fully saturated rings. The van der Waals surface area contributed by atoms with Crippen LogP contribution in [0, 0.1) is 0 Å². The molecule has 0 radical (unpaired) electrons. The van der Waals surface area contributed by atoms with Crippen molar-refractivity contribution in [1.29, 1.82) is 0 Å². The lowest BCUT2D eigenvalue weighted by atomic mass is 9.85. The molecule has 2 aromatic rings. The molecule has 1 aliphatic rings. The first kappa shape index (κ1) is 19.7. The molecule has 1 aromatic heterocycles. The van der Waals surface area contributed by atoms with Crippen LogP contribution in [0.3, 0.4) is 0 Å². The molecule has 1 N–H and O–H groups in total. The van der Waals surface area contributed by atoms with E-state index in [1.165, 1.54) is 0 Å². The first-order valence-corrected chi connectivity index (χ1v) is 8.38. The minimum Gasteiger partial charge on any atom is -0.496 e. The summed E-state index contributed by atoms with van der Waals surface area (Å²) in [5.74, 6) is 2.32. The first-order chi connectivity index (χ1) is 11.5. The molecule has 0 spiro atoms. The topological polar surface area (TPSA) is 63.4 Å². The number of benzene rings is 1. The van der Waals surface area contributed by atoms with Crippen molar-refractivity contribution in [1.82, 2.24) is 20.4 Å². The van der Waals surface area contributed by atoms with E-state index in [-0.39, 0.29) is 23.9 Å². The maximum Gasteiger partial charge on any atom is 0.232 e. The zero-order chi connectivity index (χ0) is 17.2. The van der Waals surface area contributed by atoms with Crippen molar-refractivity contribution >= 4 is 12.4 Å². The van der Waals surface area contributed by atoms with Crippen molar-refractivity contribution in [3.63, 3.8) is 0 Å². The van der Waals surface area contributed by atoms with Gasteiger partial charge in [0.1, 0.15) is 5.75 Å². The minimum absolute atomic E-state index is 0. The van der Waals surface area contributed by atoms with Gasteiger partial charge in [0.25, 0.3) is 0 Å². The number of halogens is 1. The number of nitrogens with zero attached hydrogens (tertiary/aromatic N) is 3. The highest BCUT2D eigenvalue weighted by Gasteiger charge is 2.32. The third-order valence-corrected chi connectivity index (χ3v) is 4.65. The van der Waals surface area contributed by atoms with Gasteiger partial charge in [0.2, 0.25) is 5.89 Å². The predicted octanol–water partition coefficient (Wildman–Crippen LogP) is 2.60. The Balaban J connectivity index is 0.00000225. The standard InChI is InChI=1S/C18H26N4O2.ClH/c1-18(2,11-13-7-5-6-8-15(13)23-4)17-20-16(21-24-17)14-12-19-9-10-22(14)3;/h5-8,14,19H,9-12H2,1-4H3;1H. The number of aromatic nitrogens is 2. The molecule has 7 heteroatoms. The van der Waals surface area contributed by atoms with Crippen molar-refractivity contribution in [2.24, 2.45) is 0 Å². The van der Waals surface area contributed by atoms with Crippen LogP contribution < -0.4 is 10.1 Å². The Morgan fingerprint density at radius 2 is 2.12 bits per heavy atom. The molecule has 1 saturated heterocycles. The third-order valence-electron chi connectivity index (χ3n) is 4.65. The summed E-state index contributed by atoms with van der Waals surface area (Å²) in [4.78, 5) is 6.97. The van der Waals surface area contributed by atoms with Crippen molar-refractivity contribution in [3.05, 3.63) is 41.5 Å². The molecule has 1 aliphatic heterocycles. The average Bonchev–Trinajstić information content (AvgIpc) is 3.06. The highest BCUT2D eigenvalue weighted by atomic mass is 35.5. The van der Waals surface area contributed by atoms with Gasteiger partial charge in [-0.2, -0.15) is 4.98 Å². The zero-order valence-electron chi connectivity index (χ0n) is 15.3. The maximum atomic E-state index is 5.62. The Morgan fingerprint density at radius 3 is 2.84 bits per heavy atom. The lowest BCUT2D eigenvalue weighted by molar-refractivity contribution is 0.190. The molecule has 25 heavy (non-hydrogen) atoms. The number of methoxy groups -OCH3 is 1. The van der Waals surface area contributed by atoms with Crippen LogP contribution in [-0.2, 0) is 11.8 Å². The highest BCUT2D eigenvalue weighted by molar-refractivity contribution is 5.85. The monoisotopic (exact) mass is 366 g/mol. The fraction of sp³-hybridized carbons (Fsp3) is 0.556. The number of para-hydroxylation sites is 1. The third kappa shape index (κ3) is 4.32. The SMILES string of the molecule is COc1ccccc1CC(C)(C)c1nc(C2CNCCN2C)no1.Cl. The second-order valence-electron chi connectivity index (χ2n) is 7.03. The van der Waals surface area contributed by atoms with Gasteiger partial charge in [-0.05, 0) is 25.1 Å². The second kappa shape index (κ2) is 8.17. The maximum absolute atomic E-state index is 5.62. The number of likely N-dealkylation sites (N-methyl/N-ethyl adjacent to an activating group) is 1. The van der Waals surface area contributed by atoms with E-state index >= 15 is 0 Å². The van der Waals surface area contributed by atoms with Gasteiger partial charge >= 0.3 is 0 Å². The molecule has 138 valence electrons. The molecule has 2 heterocycles. The smallest absolute Gasteiger partial charge is 0.232 e. The van der Waals surface area contributed by atoms with E-state index in [1.54, 1.807) is 7.11 Å². The summed E-state index contributed by atoms with van der Waals surface area (Å²) in [5, 5.41) is 7.63. The van der Waals surface area contributed by atoms with Crippen molar-refractivity contribution < 1.29 is 9.26 Å². The average molecular weight is 367 g/mol. The Hall–Kier alpha value is -1.63. The van der Waals surface area contributed by atoms with Gasteiger partial charge in [0.15, 0.2) is 5.82 Å². The molecule has 1 unspecified atom stereocenters. The van der Waals surface area contributed by atoms with Crippen molar-refractivity contribution in [2.45, 2.75) is 31.7 Å². The molecule has 1 aromatic carbocycles. The summed E-state index contributed by atoms with van der Waals surface area (Å²) in [6.07, 6.45) is 0.775. The summed E-state index contributed by atoms with van der Waals surface area (Å²) in [5.41, 5.74) is 0.877. The van der Waals surface area contributed by atoms with Crippen molar-refractivity contribution in [3.8, 4) is 5.75 Å². The molecule has 0 bridgehead atoms. The molecular weight excluding hydrogens is 340 g/mol. The van der Waals surface area contributed by atoms with Gasteiger partial charge in [0.05, 0.1) is 13.2 Å². The number of hydrogen-bond acceptors (Lipinski definition) is 6. The molecule has 3 rings (SSSR count). The van der Waals surface area contributed by atoms with E-state index < -0.39 is 0 Å². The fourth-order valence-electron chi connectivity index (χ4n) is 3.14. The summed E-state index contributed by atoms with van der Waals surface area (Å²) < 4.78 is 11.1. The molecule has 0 amide bonds. The lowest BCUT2D eigenvalue weighted by Gasteiger charge is -2.30. The van der Waals surface area contributed by atoms with Gasteiger partial charge in [-0.15, -0.1) is 12.4 Å². The van der Waals surface area contributed by atoms with Crippen LogP contribution in [0.4, 0.5) is 0 Å². The lowest BCUT2D eigenvalue weighted by Crippen LogP contribution is -2.44. The summed E-state index contributed by atoms with van der Waals surface area (Å²) in [6.45, 7) is 7.08. The van der Waals surface area contributed by atoms with Crippen LogP contribution in [0.2, 0.25) is 0 Å². The minimum atomic E-state index is -0.263. The van der Waals surface area contributed by atoms with Gasteiger partial charge in [-0.25, -0.2) is 0 Å². The molecule has 1 atom stereocenters. The van der Waals surface area contributed by atoms with Crippen LogP contribution in [0.1, 0.15) is 37.2 Å². The zero-order valence-corrected chi connectivity index (χ0v) is 16.1. The van der Waals surface area contributed by atoms with E-state index in [4.69, 9.17) is 14.2 Å².